The molecule has 13 heteroatoms. The lowest BCUT2D eigenvalue weighted by molar-refractivity contribution is -0.166. The minimum atomic E-state index is -1.10. The highest BCUT2D eigenvalue weighted by molar-refractivity contribution is 6.22. The van der Waals surface area contributed by atoms with Gasteiger partial charge in [-0.05, 0) is 0 Å². The van der Waals surface area contributed by atoms with Gasteiger partial charge in [0.05, 0.1) is 6.34 Å². The third-order valence-corrected chi connectivity index (χ3v) is 4.52. The zero-order chi connectivity index (χ0) is 22.9. The van der Waals surface area contributed by atoms with Crippen molar-refractivity contribution in [3.63, 3.8) is 0 Å². The van der Waals surface area contributed by atoms with Crippen LogP contribution in [-0.4, -0.2) is 103 Å². The molecule has 31 heavy (non-hydrogen) atoms. The molecule has 5 atom stereocenters. The molecule has 1 fully saturated rings. The summed E-state index contributed by atoms with van der Waals surface area (Å²) < 4.78 is 21.7. The van der Waals surface area contributed by atoms with Gasteiger partial charge in [0.2, 0.25) is 5.96 Å². The highest BCUT2D eigenvalue weighted by Gasteiger charge is 2.54. The smallest absolute Gasteiger partial charge is 0.303 e. The number of esters is 3. The van der Waals surface area contributed by atoms with Gasteiger partial charge < -0.3 is 23.8 Å². The van der Waals surface area contributed by atoms with Crippen molar-refractivity contribution in [1.82, 2.24) is 9.80 Å². The highest BCUT2D eigenvalue weighted by atomic mass is 16.7. The summed E-state index contributed by atoms with van der Waals surface area (Å²) in [5.41, 5.74) is 0. The number of amides is 1. The molecule has 0 aromatic carbocycles. The predicted molar refractivity (Wildman–Crippen MR) is 104 cm³/mol. The lowest BCUT2D eigenvalue weighted by Gasteiger charge is -2.30. The van der Waals surface area contributed by atoms with Crippen molar-refractivity contribution in [3.8, 4) is 0 Å². The van der Waals surface area contributed by atoms with Crippen LogP contribution in [0.3, 0.4) is 0 Å². The maximum Gasteiger partial charge on any atom is 0.303 e. The quantitative estimate of drug-likeness (QED) is 0.375. The van der Waals surface area contributed by atoms with Gasteiger partial charge in [0.15, 0.2) is 30.3 Å². The van der Waals surface area contributed by atoms with Crippen LogP contribution in [-0.2, 0) is 38.1 Å². The average molecular weight is 437 g/mol. The molecule has 0 spiro atoms. The van der Waals surface area contributed by atoms with Crippen LogP contribution in [0.2, 0.25) is 0 Å². The SMILES string of the molecule is CC(=O)OCC1OC(N2C=NC3C(=O)N=C(N(C)C)N=C32)C(OC(C)=O)C1OC(C)=O. The molecular weight excluding hydrogens is 414 g/mol. The molecule has 3 aliphatic heterocycles. The standard InChI is InChI=1S/C18H23N5O8/c1-8(24)28-6-11-13(29-9(2)25)14(30-10(3)26)17(31-11)23-7-19-12-15(23)20-18(22(4)5)21-16(12)27/h7,11-14,17H,6H2,1-5H3. The third kappa shape index (κ3) is 4.71. The molecule has 0 aromatic heterocycles. The molecule has 0 N–H and O–H groups in total. The summed E-state index contributed by atoms with van der Waals surface area (Å²) in [7, 11) is 3.35. The van der Waals surface area contributed by atoms with Crippen LogP contribution in [0.4, 0.5) is 0 Å². The Bertz CT molecular complexity index is 882. The maximum absolute atomic E-state index is 12.4. The predicted octanol–water partition coefficient (Wildman–Crippen LogP) is -1.29. The second-order valence-corrected chi connectivity index (χ2v) is 7.20. The molecule has 1 saturated heterocycles. The first-order chi connectivity index (χ1) is 14.6. The number of fused-ring (bicyclic) bond motifs is 1. The van der Waals surface area contributed by atoms with E-state index in [1.807, 2.05) is 0 Å². The molecule has 168 valence electrons. The molecule has 3 rings (SSSR count). The van der Waals surface area contributed by atoms with Crippen LogP contribution >= 0.6 is 0 Å². The Morgan fingerprint density at radius 2 is 1.71 bits per heavy atom. The van der Waals surface area contributed by atoms with Crippen molar-refractivity contribution in [2.45, 2.75) is 51.4 Å². The Labute approximate surface area is 177 Å². The van der Waals surface area contributed by atoms with Gasteiger partial charge in [0.1, 0.15) is 12.7 Å². The van der Waals surface area contributed by atoms with Crippen molar-refractivity contribution < 1.29 is 38.1 Å². The van der Waals surface area contributed by atoms with Gasteiger partial charge in [-0.1, -0.05) is 0 Å². The van der Waals surface area contributed by atoms with Crippen LogP contribution in [0.25, 0.3) is 0 Å². The molecule has 0 radical (unpaired) electrons. The lowest BCUT2D eigenvalue weighted by Crippen LogP contribution is -2.51. The zero-order valence-corrected chi connectivity index (χ0v) is 17.7. The Kier molecular flexibility index (Phi) is 6.34. The summed E-state index contributed by atoms with van der Waals surface area (Å²) in [6.45, 7) is 3.36. The first-order valence-electron chi connectivity index (χ1n) is 9.41. The van der Waals surface area contributed by atoms with Crippen molar-refractivity contribution in [1.29, 1.82) is 0 Å². The number of aliphatic imine (C=N–C) groups is 3. The summed E-state index contributed by atoms with van der Waals surface area (Å²) in [4.78, 5) is 62.5. The number of ether oxygens (including phenoxy) is 4. The van der Waals surface area contributed by atoms with E-state index >= 15 is 0 Å². The molecule has 0 aromatic rings. The van der Waals surface area contributed by atoms with Crippen molar-refractivity contribution in [2.75, 3.05) is 20.7 Å². The summed E-state index contributed by atoms with van der Waals surface area (Å²) in [5.74, 6) is -1.97. The monoisotopic (exact) mass is 437 g/mol. The number of hydrogen-bond acceptors (Lipinski definition) is 12. The second-order valence-electron chi connectivity index (χ2n) is 7.20. The van der Waals surface area contributed by atoms with E-state index in [-0.39, 0.29) is 18.4 Å². The van der Waals surface area contributed by atoms with Crippen LogP contribution in [0.5, 0.6) is 0 Å². The Morgan fingerprint density at radius 1 is 1.06 bits per heavy atom. The lowest BCUT2D eigenvalue weighted by atomic mass is 10.1. The van der Waals surface area contributed by atoms with E-state index in [0.29, 0.717) is 0 Å². The maximum atomic E-state index is 12.4. The van der Waals surface area contributed by atoms with E-state index in [9.17, 15) is 19.2 Å². The minimum absolute atomic E-state index is 0.168. The molecule has 0 saturated carbocycles. The van der Waals surface area contributed by atoms with E-state index < -0.39 is 54.4 Å². The zero-order valence-electron chi connectivity index (χ0n) is 17.7. The summed E-state index contributed by atoms with van der Waals surface area (Å²) in [6.07, 6.45) is -2.82. The number of hydrogen-bond donors (Lipinski definition) is 0. The van der Waals surface area contributed by atoms with Gasteiger partial charge in [0, 0.05) is 34.9 Å². The minimum Gasteiger partial charge on any atom is -0.463 e. The van der Waals surface area contributed by atoms with Crippen molar-refractivity contribution >= 4 is 41.9 Å². The van der Waals surface area contributed by atoms with E-state index in [4.69, 9.17) is 18.9 Å². The largest absolute Gasteiger partial charge is 0.463 e. The molecule has 5 unspecified atom stereocenters. The summed E-state index contributed by atoms with van der Waals surface area (Å²) in [6, 6.07) is -0.968. The van der Waals surface area contributed by atoms with Crippen molar-refractivity contribution in [2.24, 2.45) is 15.0 Å². The molecule has 1 amide bonds. The number of guanidine groups is 1. The third-order valence-electron chi connectivity index (χ3n) is 4.52. The van der Waals surface area contributed by atoms with Crippen LogP contribution in [0, 0.1) is 0 Å². The molecular formula is C18H23N5O8. The number of nitrogens with zero attached hydrogens (tertiary/aromatic N) is 5. The summed E-state index contributed by atoms with van der Waals surface area (Å²) in [5, 5.41) is 0. The Hall–Kier alpha value is -3.35. The number of carbonyl (C=O) groups is 4. The summed E-state index contributed by atoms with van der Waals surface area (Å²) >= 11 is 0. The normalized spacial score (nSPS) is 29.1. The number of amidine groups is 1. The average Bonchev–Trinajstić information content (AvgIpc) is 3.21. The topological polar surface area (TPSA) is 149 Å². The number of rotatable bonds is 5. The fraction of sp³-hybridized carbons (Fsp3) is 0.611. The fourth-order valence-corrected chi connectivity index (χ4v) is 3.30. The van der Waals surface area contributed by atoms with Gasteiger partial charge in [-0.25, -0.2) is 0 Å². The first kappa shape index (κ1) is 22.3. The number of carbonyl (C=O) groups excluding carboxylic acids is 4. The van der Waals surface area contributed by atoms with Crippen LogP contribution in [0.15, 0.2) is 15.0 Å². The molecule has 13 nitrogen and oxygen atoms in total. The van der Waals surface area contributed by atoms with E-state index in [2.05, 4.69) is 15.0 Å². The van der Waals surface area contributed by atoms with Gasteiger partial charge in [-0.15, -0.1) is 0 Å². The van der Waals surface area contributed by atoms with E-state index in [1.54, 1.807) is 19.0 Å². The fourth-order valence-electron chi connectivity index (χ4n) is 3.30. The highest BCUT2D eigenvalue weighted by Crippen LogP contribution is 2.32. The van der Waals surface area contributed by atoms with Gasteiger partial charge in [0.25, 0.3) is 5.91 Å². The van der Waals surface area contributed by atoms with Gasteiger partial charge in [-0.2, -0.15) is 9.98 Å². The van der Waals surface area contributed by atoms with E-state index in [1.165, 1.54) is 32.0 Å². The van der Waals surface area contributed by atoms with Gasteiger partial charge in [-0.3, -0.25) is 29.1 Å². The van der Waals surface area contributed by atoms with Crippen LogP contribution in [0.1, 0.15) is 20.8 Å². The molecule has 3 aliphatic rings. The molecule has 0 bridgehead atoms. The first-order valence-corrected chi connectivity index (χ1v) is 9.41. The van der Waals surface area contributed by atoms with E-state index in [0.717, 1.165) is 0 Å². The molecule has 3 heterocycles. The molecule has 0 aliphatic carbocycles. The van der Waals surface area contributed by atoms with Crippen molar-refractivity contribution in [3.05, 3.63) is 0 Å². The Morgan fingerprint density at radius 3 is 2.29 bits per heavy atom. The Balaban J connectivity index is 1.95. The second kappa shape index (κ2) is 8.79. The van der Waals surface area contributed by atoms with Gasteiger partial charge >= 0.3 is 17.9 Å². The van der Waals surface area contributed by atoms with Crippen LogP contribution < -0.4 is 0 Å².